The van der Waals surface area contributed by atoms with Gasteiger partial charge in [-0.05, 0) is 30.7 Å². The molecule has 1 aliphatic heterocycles. The molecular formula is C15H20N2O2. The minimum Gasteiger partial charge on any atom is -0.376 e. The SMILES string of the molecule is N[C@@H](C(=O)NC1CCOC1C1CC1)c1ccccc1. The van der Waals surface area contributed by atoms with Gasteiger partial charge in [-0.2, -0.15) is 0 Å². The predicted octanol–water partition coefficient (Wildman–Crippen LogP) is 1.37. The molecule has 0 bridgehead atoms. The van der Waals surface area contributed by atoms with Gasteiger partial charge in [-0.3, -0.25) is 4.79 Å². The van der Waals surface area contributed by atoms with E-state index in [1.807, 2.05) is 30.3 Å². The first-order chi connectivity index (χ1) is 9.25. The largest absolute Gasteiger partial charge is 0.376 e. The maximum atomic E-state index is 12.2. The molecule has 4 heteroatoms. The third-order valence-electron chi connectivity index (χ3n) is 3.99. The molecule has 1 aromatic rings. The van der Waals surface area contributed by atoms with Gasteiger partial charge >= 0.3 is 0 Å². The fourth-order valence-corrected chi connectivity index (χ4v) is 2.74. The quantitative estimate of drug-likeness (QED) is 0.859. The zero-order chi connectivity index (χ0) is 13.2. The van der Waals surface area contributed by atoms with Crippen molar-refractivity contribution in [3.8, 4) is 0 Å². The number of benzene rings is 1. The highest BCUT2D eigenvalue weighted by Gasteiger charge is 2.41. The minimum atomic E-state index is -0.596. The summed E-state index contributed by atoms with van der Waals surface area (Å²) in [5.74, 6) is 0.535. The van der Waals surface area contributed by atoms with E-state index in [0.717, 1.165) is 18.6 Å². The molecule has 1 aliphatic carbocycles. The van der Waals surface area contributed by atoms with Gasteiger partial charge < -0.3 is 15.8 Å². The van der Waals surface area contributed by atoms with E-state index in [4.69, 9.17) is 10.5 Å². The zero-order valence-electron chi connectivity index (χ0n) is 10.9. The smallest absolute Gasteiger partial charge is 0.241 e. The number of hydrogen-bond acceptors (Lipinski definition) is 3. The molecule has 3 N–H and O–H groups in total. The highest BCUT2D eigenvalue weighted by atomic mass is 16.5. The van der Waals surface area contributed by atoms with Crippen LogP contribution in [0.25, 0.3) is 0 Å². The Kier molecular flexibility index (Phi) is 3.53. The molecular weight excluding hydrogens is 240 g/mol. The minimum absolute atomic E-state index is 0.104. The first kappa shape index (κ1) is 12.6. The van der Waals surface area contributed by atoms with Crippen molar-refractivity contribution in [1.29, 1.82) is 0 Å². The summed E-state index contributed by atoms with van der Waals surface area (Å²) in [7, 11) is 0. The topological polar surface area (TPSA) is 64.4 Å². The van der Waals surface area contributed by atoms with Crippen molar-refractivity contribution >= 4 is 5.91 Å². The Morgan fingerprint density at radius 2 is 2.00 bits per heavy atom. The number of nitrogens with one attached hydrogen (secondary N) is 1. The molecule has 3 rings (SSSR count). The molecule has 2 aliphatic rings. The molecule has 1 saturated carbocycles. The van der Waals surface area contributed by atoms with E-state index >= 15 is 0 Å². The summed E-state index contributed by atoms with van der Waals surface area (Å²) in [5, 5.41) is 3.06. The van der Waals surface area contributed by atoms with Gasteiger partial charge in [0.1, 0.15) is 6.04 Å². The lowest BCUT2D eigenvalue weighted by Crippen LogP contribution is -2.45. The molecule has 0 spiro atoms. The van der Waals surface area contributed by atoms with Gasteiger partial charge in [-0.15, -0.1) is 0 Å². The highest BCUT2D eigenvalue weighted by molar-refractivity contribution is 5.83. The van der Waals surface area contributed by atoms with Crippen LogP contribution in [-0.4, -0.2) is 24.7 Å². The Bertz CT molecular complexity index is 445. The lowest BCUT2D eigenvalue weighted by molar-refractivity contribution is -0.123. The van der Waals surface area contributed by atoms with E-state index in [2.05, 4.69) is 5.32 Å². The molecule has 0 radical (unpaired) electrons. The third-order valence-corrected chi connectivity index (χ3v) is 3.99. The van der Waals surface area contributed by atoms with Crippen LogP contribution in [0.4, 0.5) is 0 Å². The Hall–Kier alpha value is -1.39. The fraction of sp³-hybridized carbons (Fsp3) is 0.533. The average Bonchev–Trinajstić information content (AvgIpc) is 3.19. The Morgan fingerprint density at radius 1 is 1.26 bits per heavy atom. The van der Waals surface area contributed by atoms with Crippen LogP contribution in [0.1, 0.15) is 30.9 Å². The summed E-state index contributed by atoms with van der Waals surface area (Å²) < 4.78 is 5.72. The number of carbonyl (C=O) groups excluding carboxylic acids is 1. The van der Waals surface area contributed by atoms with Crippen LogP contribution in [0, 0.1) is 5.92 Å². The summed E-state index contributed by atoms with van der Waals surface area (Å²) in [4.78, 5) is 12.2. The summed E-state index contributed by atoms with van der Waals surface area (Å²) >= 11 is 0. The van der Waals surface area contributed by atoms with Gasteiger partial charge in [0.05, 0.1) is 12.1 Å². The van der Waals surface area contributed by atoms with E-state index in [1.165, 1.54) is 12.8 Å². The van der Waals surface area contributed by atoms with Crippen LogP contribution in [0.15, 0.2) is 30.3 Å². The number of amides is 1. The molecule has 1 amide bonds. The van der Waals surface area contributed by atoms with Gasteiger partial charge in [-0.1, -0.05) is 30.3 Å². The molecule has 2 fully saturated rings. The Balaban J connectivity index is 1.61. The second-order valence-electron chi connectivity index (χ2n) is 5.46. The maximum Gasteiger partial charge on any atom is 0.241 e. The van der Waals surface area contributed by atoms with Gasteiger partial charge in [0, 0.05) is 6.61 Å². The number of ether oxygens (including phenoxy) is 1. The number of hydrogen-bond donors (Lipinski definition) is 2. The van der Waals surface area contributed by atoms with Crippen LogP contribution in [0.5, 0.6) is 0 Å². The average molecular weight is 260 g/mol. The summed E-state index contributed by atoms with van der Waals surface area (Å²) in [5.41, 5.74) is 6.85. The second kappa shape index (κ2) is 5.31. The fourth-order valence-electron chi connectivity index (χ4n) is 2.74. The Morgan fingerprint density at radius 3 is 2.68 bits per heavy atom. The second-order valence-corrected chi connectivity index (χ2v) is 5.46. The van der Waals surface area contributed by atoms with Crippen LogP contribution >= 0.6 is 0 Å². The molecule has 1 aromatic carbocycles. The molecule has 4 nitrogen and oxygen atoms in total. The number of nitrogens with two attached hydrogens (primary N) is 1. The van der Waals surface area contributed by atoms with Crippen molar-refractivity contribution in [2.45, 2.75) is 37.5 Å². The van der Waals surface area contributed by atoms with E-state index in [1.54, 1.807) is 0 Å². The van der Waals surface area contributed by atoms with E-state index in [0.29, 0.717) is 5.92 Å². The van der Waals surface area contributed by atoms with Crippen molar-refractivity contribution in [3.05, 3.63) is 35.9 Å². The molecule has 3 atom stereocenters. The van der Waals surface area contributed by atoms with Crippen LogP contribution in [0.3, 0.4) is 0 Å². The first-order valence-corrected chi connectivity index (χ1v) is 6.98. The zero-order valence-corrected chi connectivity index (χ0v) is 10.9. The van der Waals surface area contributed by atoms with Gasteiger partial charge in [-0.25, -0.2) is 0 Å². The predicted molar refractivity (Wildman–Crippen MR) is 72.4 cm³/mol. The lowest BCUT2D eigenvalue weighted by atomic mass is 10.0. The summed E-state index contributed by atoms with van der Waals surface area (Å²) in [6.07, 6.45) is 3.55. The van der Waals surface area contributed by atoms with Crippen molar-refractivity contribution in [1.82, 2.24) is 5.32 Å². The van der Waals surface area contributed by atoms with Gasteiger partial charge in [0.15, 0.2) is 0 Å². The van der Waals surface area contributed by atoms with Crippen molar-refractivity contribution in [2.75, 3.05) is 6.61 Å². The molecule has 1 saturated heterocycles. The molecule has 1 heterocycles. The normalized spacial score (nSPS) is 28.1. The summed E-state index contributed by atoms with van der Waals surface area (Å²) in [6, 6.07) is 9.02. The van der Waals surface area contributed by atoms with Crippen LogP contribution < -0.4 is 11.1 Å². The number of carbonyl (C=O) groups is 1. The molecule has 2 unspecified atom stereocenters. The van der Waals surface area contributed by atoms with Crippen LogP contribution in [-0.2, 0) is 9.53 Å². The molecule has 0 aromatic heterocycles. The highest BCUT2D eigenvalue weighted by Crippen LogP contribution is 2.38. The van der Waals surface area contributed by atoms with Gasteiger partial charge in [0.2, 0.25) is 5.91 Å². The summed E-state index contributed by atoms with van der Waals surface area (Å²) in [6.45, 7) is 0.743. The van der Waals surface area contributed by atoms with E-state index in [9.17, 15) is 4.79 Å². The van der Waals surface area contributed by atoms with Crippen molar-refractivity contribution in [3.63, 3.8) is 0 Å². The lowest BCUT2D eigenvalue weighted by Gasteiger charge is -2.21. The van der Waals surface area contributed by atoms with Gasteiger partial charge in [0.25, 0.3) is 0 Å². The van der Waals surface area contributed by atoms with Crippen LogP contribution in [0.2, 0.25) is 0 Å². The molecule has 19 heavy (non-hydrogen) atoms. The number of rotatable bonds is 4. The first-order valence-electron chi connectivity index (χ1n) is 6.98. The van der Waals surface area contributed by atoms with E-state index in [-0.39, 0.29) is 18.1 Å². The third kappa shape index (κ3) is 2.80. The Labute approximate surface area is 113 Å². The van der Waals surface area contributed by atoms with Crippen molar-refractivity contribution in [2.24, 2.45) is 11.7 Å². The molecule has 102 valence electrons. The monoisotopic (exact) mass is 260 g/mol. The standard InChI is InChI=1S/C15H20N2O2/c16-13(10-4-2-1-3-5-10)15(18)17-12-8-9-19-14(12)11-6-7-11/h1-5,11-14H,6-9,16H2,(H,17,18)/t12?,13-,14?/m1/s1. The van der Waals surface area contributed by atoms with Crippen molar-refractivity contribution < 1.29 is 9.53 Å². The van der Waals surface area contributed by atoms with E-state index < -0.39 is 6.04 Å². The maximum absolute atomic E-state index is 12.2.